The number of aryl methyl sites for hydroxylation is 1. The first-order valence-electron chi connectivity index (χ1n) is 10.5. The zero-order valence-electron chi connectivity index (χ0n) is 17.6. The second-order valence-corrected chi connectivity index (χ2v) is 10.3. The average molecular weight is 357 g/mol. The molecule has 0 saturated heterocycles. The number of benzene rings is 1. The molecule has 3 aliphatic rings. The van der Waals surface area contributed by atoms with Crippen LogP contribution >= 0.6 is 0 Å². The number of hydrogen-bond acceptors (Lipinski definition) is 2. The van der Waals surface area contributed by atoms with Crippen molar-refractivity contribution in [2.75, 3.05) is 14.2 Å². The number of rotatable bonds is 2. The lowest BCUT2D eigenvalue weighted by Gasteiger charge is -2.64. The van der Waals surface area contributed by atoms with E-state index >= 15 is 0 Å². The van der Waals surface area contributed by atoms with Crippen molar-refractivity contribution in [2.24, 2.45) is 22.7 Å². The van der Waals surface area contributed by atoms with E-state index in [0.29, 0.717) is 10.8 Å². The summed E-state index contributed by atoms with van der Waals surface area (Å²) in [6, 6.07) is 4.55. The smallest absolute Gasteiger partial charge is 0.161 e. The van der Waals surface area contributed by atoms with Gasteiger partial charge in [-0.15, -0.1) is 0 Å². The molecule has 4 rings (SSSR count). The first-order valence-corrected chi connectivity index (χ1v) is 10.5. The molecular weight excluding hydrogens is 320 g/mol. The van der Waals surface area contributed by atoms with E-state index < -0.39 is 0 Å². The van der Waals surface area contributed by atoms with E-state index in [9.17, 15) is 0 Å². The minimum Gasteiger partial charge on any atom is -0.493 e. The van der Waals surface area contributed by atoms with Gasteiger partial charge in [0.2, 0.25) is 0 Å². The highest BCUT2D eigenvalue weighted by molar-refractivity contribution is 5.52. The Bertz CT molecular complexity index is 706. The highest BCUT2D eigenvalue weighted by Gasteiger charge is 2.59. The summed E-state index contributed by atoms with van der Waals surface area (Å²) in [4.78, 5) is 0. The van der Waals surface area contributed by atoms with Gasteiger partial charge in [0.25, 0.3) is 0 Å². The van der Waals surface area contributed by atoms with Gasteiger partial charge in [-0.05, 0) is 89.9 Å². The number of fused-ring (bicyclic) bond motifs is 5. The number of ether oxygens (including phenoxy) is 2. The fraction of sp³-hybridized carbons (Fsp3) is 0.750. The molecular formula is C24H36O2. The molecule has 2 nitrogen and oxygen atoms in total. The van der Waals surface area contributed by atoms with Gasteiger partial charge < -0.3 is 9.47 Å². The lowest BCUT2D eigenvalue weighted by molar-refractivity contribution is -0.110. The molecule has 3 aliphatic carbocycles. The second kappa shape index (κ2) is 5.91. The van der Waals surface area contributed by atoms with E-state index in [1.54, 1.807) is 14.2 Å². The molecule has 0 N–H and O–H groups in total. The van der Waals surface area contributed by atoms with Crippen LogP contribution in [0.1, 0.15) is 77.3 Å². The van der Waals surface area contributed by atoms with Gasteiger partial charge in [-0.25, -0.2) is 0 Å². The lowest BCUT2D eigenvalue weighted by atomic mass is 9.40. The molecule has 26 heavy (non-hydrogen) atoms. The molecule has 0 bridgehead atoms. The molecule has 0 spiro atoms. The van der Waals surface area contributed by atoms with Gasteiger partial charge in [0.05, 0.1) is 14.2 Å². The summed E-state index contributed by atoms with van der Waals surface area (Å²) in [5.41, 5.74) is 4.26. The highest BCUT2D eigenvalue weighted by Crippen LogP contribution is 2.67. The zero-order valence-corrected chi connectivity index (χ0v) is 17.6. The summed E-state index contributed by atoms with van der Waals surface area (Å²) in [6.07, 6.45) is 9.38. The Morgan fingerprint density at radius 2 is 1.54 bits per heavy atom. The van der Waals surface area contributed by atoms with Crippen molar-refractivity contribution in [3.05, 3.63) is 23.3 Å². The van der Waals surface area contributed by atoms with Crippen LogP contribution in [0.15, 0.2) is 12.1 Å². The molecule has 1 aromatic rings. The third kappa shape index (κ3) is 2.36. The van der Waals surface area contributed by atoms with Gasteiger partial charge in [0.15, 0.2) is 11.5 Å². The molecule has 1 aromatic carbocycles. The minimum atomic E-state index is 0.270. The van der Waals surface area contributed by atoms with Crippen LogP contribution in [-0.4, -0.2) is 14.2 Å². The molecule has 0 heterocycles. The van der Waals surface area contributed by atoms with Crippen molar-refractivity contribution in [1.29, 1.82) is 0 Å². The summed E-state index contributed by atoms with van der Waals surface area (Å²) >= 11 is 0. The Morgan fingerprint density at radius 3 is 2.23 bits per heavy atom. The van der Waals surface area contributed by atoms with E-state index in [1.165, 1.54) is 56.1 Å². The summed E-state index contributed by atoms with van der Waals surface area (Å²) in [6.45, 7) is 10.2. The monoisotopic (exact) mass is 356 g/mol. The molecule has 0 aromatic heterocycles. The molecule has 1 unspecified atom stereocenters. The predicted octanol–water partition coefficient (Wildman–Crippen LogP) is 6.15. The number of methoxy groups -OCH3 is 2. The summed E-state index contributed by atoms with van der Waals surface area (Å²) in [5.74, 6) is 3.42. The van der Waals surface area contributed by atoms with Gasteiger partial charge in [0, 0.05) is 0 Å². The molecule has 144 valence electrons. The Labute approximate surface area is 159 Å². The number of hydrogen-bond donors (Lipinski definition) is 0. The summed E-state index contributed by atoms with van der Waals surface area (Å²) < 4.78 is 11.2. The SMILES string of the molecule is COc1cc2c(cc1OC)[C@]1(C)CCC3C(C)(C)CCC[C@]3(C)[C@H]1CC2. The largest absolute Gasteiger partial charge is 0.493 e. The van der Waals surface area contributed by atoms with E-state index in [0.717, 1.165) is 23.3 Å². The Hall–Kier alpha value is -1.18. The van der Waals surface area contributed by atoms with Crippen molar-refractivity contribution in [1.82, 2.24) is 0 Å². The van der Waals surface area contributed by atoms with E-state index in [2.05, 4.69) is 39.8 Å². The molecule has 4 atom stereocenters. The third-order valence-corrected chi connectivity index (χ3v) is 8.72. The maximum atomic E-state index is 5.67. The van der Waals surface area contributed by atoms with Crippen molar-refractivity contribution >= 4 is 0 Å². The summed E-state index contributed by atoms with van der Waals surface area (Å²) in [5, 5.41) is 0. The van der Waals surface area contributed by atoms with Gasteiger partial charge in [-0.3, -0.25) is 0 Å². The highest BCUT2D eigenvalue weighted by atomic mass is 16.5. The van der Waals surface area contributed by atoms with E-state index in [-0.39, 0.29) is 5.41 Å². The molecule has 0 aliphatic heterocycles. The maximum absolute atomic E-state index is 5.67. The minimum absolute atomic E-state index is 0.270. The quantitative estimate of drug-likeness (QED) is 0.632. The molecule has 2 fully saturated rings. The molecule has 2 heteroatoms. The van der Waals surface area contributed by atoms with Crippen molar-refractivity contribution in [2.45, 2.75) is 78.1 Å². The van der Waals surface area contributed by atoms with Crippen LogP contribution in [0.5, 0.6) is 11.5 Å². The van der Waals surface area contributed by atoms with Gasteiger partial charge in [0.1, 0.15) is 0 Å². The topological polar surface area (TPSA) is 18.5 Å². The van der Waals surface area contributed by atoms with Crippen molar-refractivity contribution < 1.29 is 9.47 Å². The lowest BCUT2D eigenvalue weighted by Crippen LogP contribution is -2.57. The van der Waals surface area contributed by atoms with Crippen LogP contribution in [0.4, 0.5) is 0 Å². The fourth-order valence-corrected chi connectivity index (χ4v) is 7.58. The molecule has 2 saturated carbocycles. The first-order chi connectivity index (χ1) is 12.3. The molecule has 0 radical (unpaired) electrons. The Morgan fingerprint density at radius 1 is 0.846 bits per heavy atom. The Balaban J connectivity index is 1.81. The predicted molar refractivity (Wildman–Crippen MR) is 107 cm³/mol. The second-order valence-electron chi connectivity index (χ2n) is 10.3. The van der Waals surface area contributed by atoms with Crippen LogP contribution in [0, 0.1) is 22.7 Å². The van der Waals surface area contributed by atoms with E-state index in [4.69, 9.17) is 9.47 Å². The third-order valence-electron chi connectivity index (χ3n) is 8.72. The van der Waals surface area contributed by atoms with Gasteiger partial charge >= 0.3 is 0 Å². The van der Waals surface area contributed by atoms with E-state index in [1.807, 2.05) is 0 Å². The van der Waals surface area contributed by atoms with Crippen LogP contribution < -0.4 is 9.47 Å². The first kappa shape index (κ1) is 18.2. The molecule has 0 amide bonds. The standard InChI is InChI=1S/C24H36O2/c1-22(2)11-7-12-24(4)20(22)10-13-23(3)17-15-19(26-6)18(25-5)14-16(17)8-9-21(23)24/h14-15,20-21H,7-13H2,1-6H3/t20?,21-,23-,24-/m0/s1. The Kier molecular flexibility index (Phi) is 4.13. The summed E-state index contributed by atoms with van der Waals surface area (Å²) in [7, 11) is 3.50. The maximum Gasteiger partial charge on any atom is 0.161 e. The van der Waals surface area contributed by atoms with Crippen LogP contribution in [0.25, 0.3) is 0 Å². The van der Waals surface area contributed by atoms with Crippen LogP contribution in [0.2, 0.25) is 0 Å². The van der Waals surface area contributed by atoms with Crippen LogP contribution in [-0.2, 0) is 11.8 Å². The average Bonchev–Trinajstić information content (AvgIpc) is 2.59. The van der Waals surface area contributed by atoms with Gasteiger partial charge in [-0.1, -0.05) is 34.1 Å². The normalized spacial score (nSPS) is 37.9. The van der Waals surface area contributed by atoms with Crippen molar-refractivity contribution in [3.8, 4) is 11.5 Å². The zero-order chi connectivity index (χ0) is 18.7. The van der Waals surface area contributed by atoms with Crippen LogP contribution in [0.3, 0.4) is 0 Å². The van der Waals surface area contributed by atoms with Crippen molar-refractivity contribution in [3.63, 3.8) is 0 Å². The fourth-order valence-electron chi connectivity index (χ4n) is 7.58. The van der Waals surface area contributed by atoms with Gasteiger partial charge in [-0.2, -0.15) is 0 Å².